The summed E-state index contributed by atoms with van der Waals surface area (Å²) >= 11 is 9.64. The van der Waals surface area contributed by atoms with Gasteiger partial charge in [0.15, 0.2) is 0 Å². The van der Waals surface area contributed by atoms with Crippen molar-refractivity contribution in [2.45, 2.75) is 26.1 Å². The molecule has 19 heavy (non-hydrogen) atoms. The maximum Gasteiger partial charge on any atom is 0.132 e. The highest BCUT2D eigenvalue weighted by Crippen LogP contribution is 2.34. The van der Waals surface area contributed by atoms with E-state index in [1.54, 1.807) is 0 Å². The van der Waals surface area contributed by atoms with E-state index in [-0.39, 0.29) is 0 Å². The van der Waals surface area contributed by atoms with Crippen LogP contribution < -0.4 is 4.74 Å². The van der Waals surface area contributed by atoms with Gasteiger partial charge in [0.2, 0.25) is 0 Å². The monoisotopic (exact) mass is 338 g/mol. The number of benzene rings is 2. The van der Waals surface area contributed by atoms with Gasteiger partial charge in [-0.25, -0.2) is 0 Å². The van der Waals surface area contributed by atoms with E-state index in [0.717, 1.165) is 27.6 Å². The molecule has 2 rings (SSSR count). The zero-order valence-corrected chi connectivity index (χ0v) is 13.6. The van der Waals surface area contributed by atoms with Crippen molar-refractivity contribution in [1.82, 2.24) is 0 Å². The summed E-state index contributed by atoms with van der Waals surface area (Å²) in [5.41, 5.74) is 4.56. The van der Waals surface area contributed by atoms with Gasteiger partial charge in [-0.3, -0.25) is 0 Å². The Kier molecular flexibility index (Phi) is 4.54. The lowest BCUT2D eigenvalue weighted by molar-refractivity contribution is 0.474. The van der Waals surface area contributed by atoms with Crippen LogP contribution in [0.4, 0.5) is 0 Å². The summed E-state index contributed by atoms with van der Waals surface area (Å²) < 4.78 is 6.06. The van der Waals surface area contributed by atoms with Crippen molar-refractivity contribution in [2.24, 2.45) is 0 Å². The molecular formula is C16H16BrClO. The largest absolute Gasteiger partial charge is 0.457 e. The van der Waals surface area contributed by atoms with Crippen LogP contribution in [0, 0.1) is 20.8 Å². The molecular weight excluding hydrogens is 324 g/mol. The van der Waals surface area contributed by atoms with E-state index in [4.69, 9.17) is 16.3 Å². The molecule has 2 aromatic rings. The summed E-state index contributed by atoms with van der Waals surface area (Å²) in [6.07, 6.45) is 0. The molecule has 2 aromatic carbocycles. The fraction of sp³-hybridized carbons (Fsp3) is 0.250. The van der Waals surface area contributed by atoms with Crippen LogP contribution in [-0.4, -0.2) is 0 Å². The predicted octanol–water partition coefficient (Wildman–Crippen LogP) is 5.95. The number of aryl methyl sites for hydroxylation is 2. The van der Waals surface area contributed by atoms with Crippen LogP contribution in [0.15, 0.2) is 30.3 Å². The molecule has 0 heterocycles. The van der Waals surface area contributed by atoms with Crippen molar-refractivity contribution in [3.63, 3.8) is 0 Å². The van der Waals surface area contributed by atoms with E-state index >= 15 is 0 Å². The van der Waals surface area contributed by atoms with E-state index in [1.165, 1.54) is 11.1 Å². The smallest absolute Gasteiger partial charge is 0.132 e. The van der Waals surface area contributed by atoms with Crippen LogP contribution in [0.2, 0.25) is 5.02 Å². The molecule has 0 aliphatic rings. The lowest BCUT2D eigenvalue weighted by Crippen LogP contribution is -1.94. The van der Waals surface area contributed by atoms with Crippen molar-refractivity contribution in [3.05, 3.63) is 57.6 Å². The highest BCUT2D eigenvalue weighted by Gasteiger charge is 2.10. The normalized spacial score (nSPS) is 10.6. The molecule has 100 valence electrons. The molecule has 0 aliphatic heterocycles. The first-order chi connectivity index (χ1) is 9.02. The summed E-state index contributed by atoms with van der Waals surface area (Å²) in [5.74, 6) is 1.69. The standard InChI is InChI=1S/C16H16BrClO/c1-10-7-11(2)12(3)16(8-10)19-15-6-4-5-14(18)13(15)9-17/h4-8H,9H2,1-3H3. The summed E-state index contributed by atoms with van der Waals surface area (Å²) in [5, 5.41) is 1.39. The first-order valence-electron chi connectivity index (χ1n) is 6.12. The first-order valence-corrected chi connectivity index (χ1v) is 7.62. The average molecular weight is 340 g/mol. The van der Waals surface area contributed by atoms with Crippen molar-refractivity contribution < 1.29 is 4.74 Å². The minimum atomic E-state index is 0.672. The van der Waals surface area contributed by atoms with Gasteiger partial charge in [0.1, 0.15) is 11.5 Å². The molecule has 0 N–H and O–H groups in total. The third kappa shape index (κ3) is 3.13. The fourth-order valence-corrected chi connectivity index (χ4v) is 2.96. The average Bonchev–Trinajstić information content (AvgIpc) is 2.35. The quantitative estimate of drug-likeness (QED) is 0.628. The van der Waals surface area contributed by atoms with Crippen LogP contribution in [-0.2, 0) is 5.33 Å². The van der Waals surface area contributed by atoms with Gasteiger partial charge in [-0.1, -0.05) is 39.7 Å². The summed E-state index contributed by atoms with van der Waals surface area (Å²) in [4.78, 5) is 0. The van der Waals surface area contributed by atoms with Crippen LogP contribution in [0.25, 0.3) is 0 Å². The Balaban J connectivity index is 2.45. The molecule has 0 fully saturated rings. The van der Waals surface area contributed by atoms with Gasteiger partial charge in [0, 0.05) is 15.9 Å². The second-order valence-corrected chi connectivity index (χ2v) is 5.63. The molecule has 0 spiro atoms. The number of halogens is 2. The third-order valence-corrected chi connectivity index (χ3v) is 4.11. The van der Waals surface area contributed by atoms with Gasteiger partial charge in [-0.2, -0.15) is 0 Å². The summed E-state index contributed by atoms with van der Waals surface area (Å²) in [6, 6.07) is 9.94. The molecule has 0 radical (unpaired) electrons. The lowest BCUT2D eigenvalue weighted by atomic mass is 10.1. The Bertz CT molecular complexity index is 608. The van der Waals surface area contributed by atoms with Gasteiger partial charge in [-0.15, -0.1) is 0 Å². The van der Waals surface area contributed by atoms with E-state index in [0.29, 0.717) is 5.33 Å². The first kappa shape index (κ1) is 14.4. The number of ether oxygens (including phenoxy) is 1. The van der Waals surface area contributed by atoms with Crippen LogP contribution >= 0.6 is 27.5 Å². The zero-order valence-electron chi connectivity index (χ0n) is 11.3. The Morgan fingerprint density at radius 3 is 2.53 bits per heavy atom. The van der Waals surface area contributed by atoms with Crippen LogP contribution in [0.1, 0.15) is 22.3 Å². The van der Waals surface area contributed by atoms with Crippen molar-refractivity contribution >= 4 is 27.5 Å². The molecule has 0 atom stereocenters. The highest BCUT2D eigenvalue weighted by molar-refractivity contribution is 9.08. The third-order valence-electron chi connectivity index (χ3n) is 3.19. The number of rotatable bonds is 3. The second-order valence-electron chi connectivity index (χ2n) is 4.66. The minimum absolute atomic E-state index is 0.672. The Morgan fingerprint density at radius 1 is 1.11 bits per heavy atom. The van der Waals surface area contributed by atoms with E-state index in [9.17, 15) is 0 Å². The zero-order chi connectivity index (χ0) is 14.0. The Labute approximate surface area is 127 Å². The highest BCUT2D eigenvalue weighted by atomic mass is 79.9. The van der Waals surface area contributed by atoms with E-state index in [1.807, 2.05) is 18.2 Å². The molecule has 3 heteroatoms. The Hall–Kier alpha value is -0.990. The number of hydrogen-bond donors (Lipinski definition) is 0. The minimum Gasteiger partial charge on any atom is -0.457 e. The van der Waals surface area contributed by atoms with Crippen LogP contribution in [0.5, 0.6) is 11.5 Å². The van der Waals surface area contributed by atoms with Crippen molar-refractivity contribution in [2.75, 3.05) is 0 Å². The van der Waals surface area contributed by atoms with Crippen LogP contribution in [0.3, 0.4) is 0 Å². The fourth-order valence-electron chi connectivity index (χ4n) is 1.99. The van der Waals surface area contributed by atoms with Gasteiger partial charge >= 0.3 is 0 Å². The SMILES string of the molecule is Cc1cc(C)c(C)c(Oc2cccc(Cl)c2CBr)c1. The molecule has 0 bridgehead atoms. The predicted molar refractivity (Wildman–Crippen MR) is 84.8 cm³/mol. The number of alkyl halides is 1. The molecule has 0 unspecified atom stereocenters. The van der Waals surface area contributed by atoms with Crippen molar-refractivity contribution in [3.8, 4) is 11.5 Å². The second kappa shape index (κ2) is 5.98. The van der Waals surface area contributed by atoms with Gasteiger partial charge in [-0.05, 0) is 55.7 Å². The molecule has 0 saturated carbocycles. The Morgan fingerprint density at radius 2 is 1.84 bits per heavy atom. The van der Waals surface area contributed by atoms with Gasteiger partial charge in [0.05, 0.1) is 0 Å². The molecule has 0 amide bonds. The van der Waals surface area contributed by atoms with E-state index < -0.39 is 0 Å². The maximum atomic E-state index is 6.19. The molecule has 0 aliphatic carbocycles. The van der Waals surface area contributed by atoms with Crippen molar-refractivity contribution in [1.29, 1.82) is 0 Å². The molecule has 0 aromatic heterocycles. The molecule has 1 nitrogen and oxygen atoms in total. The number of hydrogen-bond acceptors (Lipinski definition) is 1. The topological polar surface area (TPSA) is 9.23 Å². The lowest BCUT2D eigenvalue weighted by Gasteiger charge is -2.15. The molecule has 0 saturated heterocycles. The summed E-state index contributed by atoms with van der Waals surface area (Å²) in [6.45, 7) is 6.24. The maximum absolute atomic E-state index is 6.19. The summed E-state index contributed by atoms with van der Waals surface area (Å²) in [7, 11) is 0. The van der Waals surface area contributed by atoms with Gasteiger partial charge in [0.25, 0.3) is 0 Å². The van der Waals surface area contributed by atoms with Gasteiger partial charge < -0.3 is 4.74 Å². The van der Waals surface area contributed by atoms with E-state index in [2.05, 4.69) is 48.8 Å².